The number of hydrogen-bond acceptors (Lipinski definition) is 1. The summed E-state index contributed by atoms with van der Waals surface area (Å²) < 4.78 is 5.71. The van der Waals surface area contributed by atoms with Gasteiger partial charge in [0.25, 0.3) is 0 Å². The molecular formula is C10H21BrO. The smallest absolute Gasteiger partial charge is 0.0623 e. The summed E-state index contributed by atoms with van der Waals surface area (Å²) in [5.41, 5.74) is 0.0778. The summed E-state index contributed by atoms with van der Waals surface area (Å²) in [7, 11) is 0. The lowest BCUT2D eigenvalue weighted by Crippen LogP contribution is -2.23. The van der Waals surface area contributed by atoms with E-state index in [1.165, 1.54) is 19.3 Å². The molecule has 0 bridgehead atoms. The van der Waals surface area contributed by atoms with Crippen molar-refractivity contribution in [2.75, 3.05) is 11.9 Å². The SMILES string of the molecule is CCC(C)(C)OCCCCCBr. The molecule has 0 aliphatic heterocycles. The van der Waals surface area contributed by atoms with E-state index in [1.807, 2.05) is 0 Å². The van der Waals surface area contributed by atoms with Crippen molar-refractivity contribution in [2.45, 2.75) is 52.1 Å². The van der Waals surface area contributed by atoms with Gasteiger partial charge in [-0.3, -0.25) is 0 Å². The van der Waals surface area contributed by atoms with Crippen LogP contribution in [0, 0.1) is 0 Å². The molecule has 74 valence electrons. The predicted octanol–water partition coefficient (Wildman–Crippen LogP) is 3.76. The van der Waals surface area contributed by atoms with Gasteiger partial charge in [-0.2, -0.15) is 0 Å². The third-order valence-corrected chi connectivity index (χ3v) is 2.68. The van der Waals surface area contributed by atoms with Crippen LogP contribution in [0.5, 0.6) is 0 Å². The topological polar surface area (TPSA) is 9.23 Å². The molecular weight excluding hydrogens is 216 g/mol. The Hall–Kier alpha value is 0.440. The molecule has 0 heterocycles. The summed E-state index contributed by atoms with van der Waals surface area (Å²) in [6.45, 7) is 7.38. The van der Waals surface area contributed by atoms with Gasteiger partial charge in [0, 0.05) is 11.9 Å². The van der Waals surface area contributed by atoms with Crippen molar-refractivity contribution in [3.05, 3.63) is 0 Å². The Morgan fingerprint density at radius 3 is 2.33 bits per heavy atom. The van der Waals surface area contributed by atoms with Crippen LogP contribution in [0.3, 0.4) is 0 Å². The molecule has 0 aliphatic carbocycles. The summed E-state index contributed by atoms with van der Waals surface area (Å²) >= 11 is 3.41. The summed E-state index contributed by atoms with van der Waals surface area (Å²) in [6, 6.07) is 0. The summed E-state index contributed by atoms with van der Waals surface area (Å²) in [6.07, 6.45) is 4.81. The fraction of sp³-hybridized carbons (Fsp3) is 1.00. The first-order chi connectivity index (χ1) is 5.62. The maximum absolute atomic E-state index is 5.71. The molecule has 0 saturated heterocycles. The molecule has 12 heavy (non-hydrogen) atoms. The minimum atomic E-state index is 0.0778. The van der Waals surface area contributed by atoms with Gasteiger partial charge in [-0.05, 0) is 33.1 Å². The average molecular weight is 237 g/mol. The summed E-state index contributed by atoms with van der Waals surface area (Å²) in [4.78, 5) is 0. The lowest BCUT2D eigenvalue weighted by atomic mass is 10.1. The Kier molecular flexibility index (Phi) is 7.16. The van der Waals surface area contributed by atoms with E-state index in [2.05, 4.69) is 36.7 Å². The molecule has 0 aliphatic rings. The van der Waals surface area contributed by atoms with Gasteiger partial charge in [-0.1, -0.05) is 29.3 Å². The van der Waals surface area contributed by atoms with Crippen LogP contribution in [0.4, 0.5) is 0 Å². The first kappa shape index (κ1) is 12.4. The molecule has 0 aromatic rings. The predicted molar refractivity (Wildman–Crippen MR) is 58.0 cm³/mol. The maximum atomic E-state index is 5.71. The van der Waals surface area contributed by atoms with Crippen LogP contribution in [0.1, 0.15) is 46.5 Å². The van der Waals surface area contributed by atoms with Gasteiger partial charge in [0.05, 0.1) is 5.60 Å². The molecule has 0 N–H and O–H groups in total. The number of ether oxygens (including phenoxy) is 1. The Morgan fingerprint density at radius 1 is 1.17 bits per heavy atom. The van der Waals surface area contributed by atoms with Crippen LogP contribution in [0.2, 0.25) is 0 Å². The van der Waals surface area contributed by atoms with E-state index in [0.717, 1.165) is 18.4 Å². The highest BCUT2D eigenvalue weighted by Gasteiger charge is 2.13. The van der Waals surface area contributed by atoms with E-state index in [4.69, 9.17) is 4.74 Å². The number of unbranched alkanes of at least 4 members (excludes halogenated alkanes) is 2. The second-order valence-electron chi connectivity index (χ2n) is 3.71. The van der Waals surface area contributed by atoms with Crippen LogP contribution in [-0.4, -0.2) is 17.5 Å². The second-order valence-corrected chi connectivity index (χ2v) is 4.50. The van der Waals surface area contributed by atoms with E-state index < -0.39 is 0 Å². The average Bonchev–Trinajstić information content (AvgIpc) is 2.04. The highest BCUT2D eigenvalue weighted by molar-refractivity contribution is 9.09. The van der Waals surface area contributed by atoms with Crippen LogP contribution in [0.25, 0.3) is 0 Å². The molecule has 0 aromatic heterocycles. The minimum absolute atomic E-state index is 0.0778. The van der Waals surface area contributed by atoms with E-state index in [0.29, 0.717) is 0 Å². The first-order valence-corrected chi connectivity index (χ1v) is 5.94. The van der Waals surface area contributed by atoms with Crippen molar-refractivity contribution in [1.82, 2.24) is 0 Å². The van der Waals surface area contributed by atoms with Gasteiger partial charge < -0.3 is 4.74 Å². The molecule has 0 amide bonds. The number of alkyl halides is 1. The number of rotatable bonds is 7. The van der Waals surface area contributed by atoms with Crippen LogP contribution >= 0.6 is 15.9 Å². The van der Waals surface area contributed by atoms with Crippen molar-refractivity contribution >= 4 is 15.9 Å². The molecule has 0 saturated carbocycles. The van der Waals surface area contributed by atoms with E-state index in [9.17, 15) is 0 Å². The standard InChI is InChI=1S/C10H21BrO/c1-4-10(2,3)12-9-7-5-6-8-11/h4-9H2,1-3H3. The van der Waals surface area contributed by atoms with Gasteiger partial charge >= 0.3 is 0 Å². The molecule has 0 atom stereocenters. The fourth-order valence-corrected chi connectivity index (χ4v) is 1.22. The van der Waals surface area contributed by atoms with E-state index in [1.54, 1.807) is 0 Å². The highest BCUT2D eigenvalue weighted by Crippen LogP contribution is 2.14. The van der Waals surface area contributed by atoms with Crippen molar-refractivity contribution in [2.24, 2.45) is 0 Å². The molecule has 0 fully saturated rings. The zero-order valence-corrected chi connectivity index (χ0v) is 10.1. The third-order valence-electron chi connectivity index (χ3n) is 2.12. The van der Waals surface area contributed by atoms with E-state index in [-0.39, 0.29) is 5.60 Å². The first-order valence-electron chi connectivity index (χ1n) is 4.82. The normalized spacial score (nSPS) is 12.0. The van der Waals surface area contributed by atoms with Gasteiger partial charge in [-0.15, -0.1) is 0 Å². The largest absolute Gasteiger partial charge is 0.376 e. The zero-order chi connectivity index (χ0) is 9.45. The second kappa shape index (κ2) is 6.90. The van der Waals surface area contributed by atoms with Crippen LogP contribution in [0.15, 0.2) is 0 Å². The van der Waals surface area contributed by atoms with E-state index >= 15 is 0 Å². The Bertz CT molecular complexity index is 102. The minimum Gasteiger partial charge on any atom is -0.376 e. The summed E-state index contributed by atoms with van der Waals surface area (Å²) in [5.74, 6) is 0. The monoisotopic (exact) mass is 236 g/mol. The van der Waals surface area contributed by atoms with Gasteiger partial charge in [0.15, 0.2) is 0 Å². The fourth-order valence-electron chi connectivity index (χ4n) is 0.824. The Labute approximate surface area is 85.0 Å². The van der Waals surface area contributed by atoms with Gasteiger partial charge in [-0.25, -0.2) is 0 Å². The third kappa shape index (κ3) is 7.11. The molecule has 0 aromatic carbocycles. The maximum Gasteiger partial charge on any atom is 0.0623 e. The molecule has 2 heteroatoms. The molecule has 0 spiro atoms. The van der Waals surface area contributed by atoms with Gasteiger partial charge in [0.1, 0.15) is 0 Å². The van der Waals surface area contributed by atoms with Crippen molar-refractivity contribution in [3.63, 3.8) is 0 Å². The Balaban J connectivity index is 3.19. The molecule has 1 nitrogen and oxygen atoms in total. The van der Waals surface area contributed by atoms with Crippen LogP contribution in [-0.2, 0) is 4.74 Å². The van der Waals surface area contributed by atoms with Gasteiger partial charge in [0.2, 0.25) is 0 Å². The lowest BCUT2D eigenvalue weighted by Gasteiger charge is -2.23. The number of hydrogen-bond donors (Lipinski definition) is 0. The molecule has 0 radical (unpaired) electrons. The Morgan fingerprint density at radius 2 is 1.83 bits per heavy atom. The molecule has 0 unspecified atom stereocenters. The van der Waals surface area contributed by atoms with Crippen molar-refractivity contribution in [3.8, 4) is 0 Å². The summed E-state index contributed by atoms with van der Waals surface area (Å²) in [5, 5.41) is 1.12. The number of halogens is 1. The highest BCUT2D eigenvalue weighted by atomic mass is 79.9. The lowest BCUT2D eigenvalue weighted by molar-refractivity contribution is -0.0215. The van der Waals surface area contributed by atoms with Crippen molar-refractivity contribution < 1.29 is 4.74 Å². The molecule has 0 rings (SSSR count). The van der Waals surface area contributed by atoms with Crippen molar-refractivity contribution in [1.29, 1.82) is 0 Å². The quantitative estimate of drug-likeness (QED) is 0.484. The van der Waals surface area contributed by atoms with Crippen LogP contribution < -0.4 is 0 Å². The zero-order valence-electron chi connectivity index (χ0n) is 8.53.